The zero-order chi connectivity index (χ0) is 20.8. The molecule has 3 rings (SSSR count). The molecule has 0 unspecified atom stereocenters. The fraction of sp³-hybridized carbons (Fsp3) is 0.550. The molecule has 1 aromatic carbocycles. The van der Waals surface area contributed by atoms with Crippen molar-refractivity contribution in [1.82, 2.24) is 20.0 Å². The van der Waals surface area contributed by atoms with Gasteiger partial charge in [-0.2, -0.15) is 0 Å². The van der Waals surface area contributed by atoms with E-state index in [1.54, 1.807) is 29.2 Å². The van der Waals surface area contributed by atoms with Crippen LogP contribution in [0.4, 0.5) is 5.69 Å². The molecule has 0 aromatic heterocycles. The lowest BCUT2D eigenvalue weighted by atomic mass is 10.1. The number of halogens is 1. The fourth-order valence-corrected chi connectivity index (χ4v) is 3.81. The second-order valence-corrected chi connectivity index (χ2v) is 7.80. The highest BCUT2D eigenvalue weighted by molar-refractivity contribution is 6.30. The second-order valence-electron chi connectivity index (χ2n) is 7.36. The van der Waals surface area contributed by atoms with Crippen molar-refractivity contribution in [1.29, 1.82) is 0 Å². The summed E-state index contributed by atoms with van der Waals surface area (Å²) in [6.07, 6.45) is -0.0796. The van der Waals surface area contributed by atoms with E-state index in [0.29, 0.717) is 23.8 Å². The van der Waals surface area contributed by atoms with Crippen molar-refractivity contribution in [2.24, 2.45) is 0 Å². The maximum absolute atomic E-state index is 12.9. The summed E-state index contributed by atoms with van der Waals surface area (Å²) in [7, 11) is 0. The van der Waals surface area contributed by atoms with E-state index in [0.717, 1.165) is 32.7 Å². The van der Waals surface area contributed by atoms with Crippen LogP contribution < -0.4 is 10.6 Å². The molecule has 2 aliphatic rings. The molecule has 0 spiro atoms. The van der Waals surface area contributed by atoms with E-state index in [-0.39, 0.29) is 30.7 Å². The van der Waals surface area contributed by atoms with Gasteiger partial charge in [0.1, 0.15) is 6.04 Å². The summed E-state index contributed by atoms with van der Waals surface area (Å²) in [5.74, 6) is -0.704. The molecule has 0 radical (unpaired) electrons. The molecular weight excluding hydrogens is 394 g/mol. The zero-order valence-electron chi connectivity index (χ0n) is 16.7. The van der Waals surface area contributed by atoms with Crippen LogP contribution in [-0.2, 0) is 14.4 Å². The lowest BCUT2D eigenvalue weighted by Gasteiger charge is -2.38. The Hall–Kier alpha value is -2.16. The van der Waals surface area contributed by atoms with Crippen LogP contribution in [0.2, 0.25) is 5.02 Å². The quantitative estimate of drug-likeness (QED) is 0.704. The fourth-order valence-electron chi connectivity index (χ4n) is 3.68. The Labute approximate surface area is 176 Å². The average Bonchev–Trinajstić information content (AvgIpc) is 2.71. The SMILES string of the molecule is CCN1CCN(CC(=O)N2CCNC(=O)[C@H]2CC(=O)Nc2ccc(Cl)cc2)CC1. The van der Waals surface area contributed by atoms with Gasteiger partial charge in [-0.1, -0.05) is 18.5 Å². The van der Waals surface area contributed by atoms with E-state index in [1.807, 2.05) is 0 Å². The van der Waals surface area contributed by atoms with Gasteiger partial charge in [-0.15, -0.1) is 0 Å². The highest BCUT2D eigenvalue weighted by atomic mass is 35.5. The molecule has 2 fully saturated rings. The van der Waals surface area contributed by atoms with Gasteiger partial charge in [0.15, 0.2) is 0 Å². The zero-order valence-corrected chi connectivity index (χ0v) is 17.5. The van der Waals surface area contributed by atoms with Crippen LogP contribution in [0.25, 0.3) is 0 Å². The summed E-state index contributed by atoms with van der Waals surface area (Å²) in [5, 5.41) is 6.09. The van der Waals surface area contributed by atoms with Crippen molar-refractivity contribution in [3.63, 3.8) is 0 Å². The van der Waals surface area contributed by atoms with E-state index >= 15 is 0 Å². The third kappa shape index (κ3) is 5.91. The third-order valence-corrected chi connectivity index (χ3v) is 5.68. The second kappa shape index (κ2) is 10.0. The lowest BCUT2D eigenvalue weighted by Crippen LogP contribution is -2.60. The number of benzene rings is 1. The number of carbonyl (C=O) groups excluding carboxylic acids is 3. The van der Waals surface area contributed by atoms with E-state index in [4.69, 9.17) is 11.6 Å². The molecule has 3 amide bonds. The maximum Gasteiger partial charge on any atom is 0.243 e. The normalized spacial score (nSPS) is 21.0. The Morgan fingerprint density at radius 2 is 1.76 bits per heavy atom. The van der Waals surface area contributed by atoms with Crippen LogP contribution >= 0.6 is 11.6 Å². The summed E-state index contributed by atoms with van der Waals surface area (Å²) in [4.78, 5) is 43.8. The number of hydrogen-bond acceptors (Lipinski definition) is 5. The van der Waals surface area contributed by atoms with Crippen LogP contribution in [0, 0.1) is 0 Å². The van der Waals surface area contributed by atoms with Crippen LogP contribution in [-0.4, -0.2) is 90.8 Å². The molecule has 2 saturated heterocycles. The first-order chi connectivity index (χ1) is 14.0. The van der Waals surface area contributed by atoms with Crippen molar-refractivity contribution in [2.45, 2.75) is 19.4 Å². The first-order valence-corrected chi connectivity index (χ1v) is 10.4. The number of piperazine rings is 2. The molecule has 2 aliphatic heterocycles. The van der Waals surface area contributed by atoms with Gasteiger partial charge < -0.3 is 20.4 Å². The van der Waals surface area contributed by atoms with Crippen molar-refractivity contribution in [3.8, 4) is 0 Å². The van der Waals surface area contributed by atoms with Crippen LogP contribution in [0.15, 0.2) is 24.3 Å². The predicted octanol–water partition coefficient (Wildman–Crippen LogP) is 0.633. The Balaban J connectivity index is 1.58. The third-order valence-electron chi connectivity index (χ3n) is 5.43. The minimum Gasteiger partial charge on any atom is -0.353 e. The number of carbonyl (C=O) groups is 3. The van der Waals surface area contributed by atoms with E-state index in [1.165, 1.54) is 0 Å². The van der Waals surface area contributed by atoms with E-state index in [9.17, 15) is 14.4 Å². The van der Waals surface area contributed by atoms with Gasteiger partial charge in [0.25, 0.3) is 0 Å². The van der Waals surface area contributed by atoms with Gasteiger partial charge in [0.05, 0.1) is 13.0 Å². The molecule has 0 saturated carbocycles. The van der Waals surface area contributed by atoms with Gasteiger partial charge in [-0.25, -0.2) is 0 Å². The van der Waals surface area contributed by atoms with Crippen molar-refractivity contribution in [2.75, 3.05) is 57.7 Å². The molecule has 158 valence electrons. The largest absolute Gasteiger partial charge is 0.353 e. The Bertz CT molecular complexity index is 734. The summed E-state index contributed by atoms with van der Waals surface area (Å²) < 4.78 is 0. The van der Waals surface area contributed by atoms with Crippen molar-refractivity contribution in [3.05, 3.63) is 29.3 Å². The molecule has 2 N–H and O–H groups in total. The number of hydrogen-bond donors (Lipinski definition) is 2. The van der Waals surface area contributed by atoms with Gasteiger partial charge in [-0.3, -0.25) is 19.3 Å². The summed E-state index contributed by atoms with van der Waals surface area (Å²) in [5.41, 5.74) is 0.599. The molecule has 8 nitrogen and oxygen atoms in total. The molecule has 29 heavy (non-hydrogen) atoms. The standard InChI is InChI=1S/C20H28ClN5O3/c1-2-24-9-11-25(12-10-24)14-19(28)26-8-7-22-20(29)17(26)13-18(27)23-16-5-3-15(21)4-6-16/h3-6,17H,2,7-14H2,1H3,(H,22,29)(H,23,27)/t17-/m1/s1. The van der Waals surface area contributed by atoms with Crippen LogP contribution in [0.5, 0.6) is 0 Å². The molecule has 0 bridgehead atoms. The number of nitrogens with zero attached hydrogens (tertiary/aromatic N) is 3. The Kier molecular flexibility index (Phi) is 7.46. The van der Waals surface area contributed by atoms with Gasteiger partial charge in [0, 0.05) is 50.0 Å². The Morgan fingerprint density at radius 1 is 1.10 bits per heavy atom. The molecule has 9 heteroatoms. The molecule has 1 aromatic rings. The predicted molar refractivity (Wildman–Crippen MR) is 112 cm³/mol. The lowest BCUT2D eigenvalue weighted by molar-refractivity contribution is -0.145. The number of nitrogens with one attached hydrogen (secondary N) is 2. The topological polar surface area (TPSA) is 85.0 Å². The molecule has 0 aliphatic carbocycles. The van der Waals surface area contributed by atoms with E-state index in [2.05, 4.69) is 27.4 Å². The first-order valence-electron chi connectivity index (χ1n) is 10.0. The maximum atomic E-state index is 12.9. The number of likely N-dealkylation sites (N-methyl/N-ethyl adjacent to an activating group) is 1. The minimum absolute atomic E-state index is 0.0796. The number of amides is 3. The van der Waals surface area contributed by atoms with Crippen LogP contribution in [0.3, 0.4) is 0 Å². The van der Waals surface area contributed by atoms with Crippen LogP contribution in [0.1, 0.15) is 13.3 Å². The Morgan fingerprint density at radius 3 is 2.41 bits per heavy atom. The number of rotatable bonds is 6. The minimum atomic E-state index is -0.791. The molecular formula is C20H28ClN5O3. The highest BCUT2D eigenvalue weighted by Crippen LogP contribution is 2.16. The number of anilines is 1. The van der Waals surface area contributed by atoms with Gasteiger partial charge in [0.2, 0.25) is 17.7 Å². The monoisotopic (exact) mass is 421 g/mol. The average molecular weight is 422 g/mol. The van der Waals surface area contributed by atoms with Gasteiger partial charge in [-0.05, 0) is 30.8 Å². The molecule has 1 atom stereocenters. The summed E-state index contributed by atoms with van der Waals surface area (Å²) >= 11 is 5.86. The first kappa shape index (κ1) is 21.5. The molecule has 2 heterocycles. The van der Waals surface area contributed by atoms with Gasteiger partial charge >= 0.3 is 0 Å². The summed E-state index contributed by atoms with van der Waals surface area (Å²) in [6.45, 7) is 7.80. The summed E-state index contributed by atoms with van der Waals surface area (Å²) in [6, 6.07) is 5.96. The van der Waals surface area contributed by atoms with Crippen molar-refractivity contribution < 1.29 is 14.4 Å². The van der Waals surface area contributed by atoms with E-state index < -0.39 is 6.04 Å². The highest BCUT2D eigenvalue weighted by Gasteiger charge is 2.35. The smallest absolute Gasteiger partial charge is 0.243 e. The van der Waals surface area contributed by atoms with Crippen molar-refractivity contribution >= 4 is 35.0 Å².